The first kappa shape index (κ1) is 18.7. The molecule has 2 heterocycles. The largest absolute Gasteiger partial charge is 0.336 e. The quantitative estimate of drug-likeness (QED) is 0.739. The van der Waals surface area contributed by atoms with Crippen LogP contribution in [0.5, 0.6) is 0 Å². The standard InChI is InChI=1S/C18H22N4O3.ClH/c1-12-10-19-8-9-21(12)15(23)11-22-16(24)18(20-17(22)25)7-6-13-4-2-3-5-14(13)18;/h2-5,12,19H,6-11H2,1H3,(H,20,25);1H. The summed E-state index contributed by atoms with van der Waals surface area (Å²) in [6, 6.07) is 7.28. The second-order valence-electron chi connectivity index (χ2n) is 7.02. The molecule has 0 radical (unpaired) electrons. The highest BCUT2D eigenvalue weighted by molar-refractivity contribution is 6.09. The molecule has 26 heavy (non-hydrogen) atoms. The molecule has 2 aliphatic heterocycles. The Bertz CT molecular complexity index is 756. The summed E-state index contributed by atoms with van der Waals surface area (Å²) in [6.45, 7) is 3.82. The molecule has 2 N–H and O–H groups in total. The number of aryl methyl sites for hydroxylation is 1. The molecule has 7 nitrogen and oxygen atoms in total. The number of amides is 4. The van der Waals surface area contributed by atoms with E-state index >= 15 is 0 Å². The van der Waals surface area contributed by atoms with Crippen LogP contribution in [0.4, 0.5) is 4.79 Å². The highest BCUT2D eigenvalue weighted by Gasteiger charge is 2.55. The van der Waals surface area contributed by atoms with Crippen molar-refractivity contribution >= 4 is 30.3 Å². The fourth-order valence-corrected chi connectivity index (χ4v) is 4.17. The molecule has 1 spiro atoms. The number of rotatable bonds is 2. The molecule has 0 aromatic heterocycles. The van der Waals surface area contributed by atoms with Gasteiger partial charge in [0.1, 0.15) is 12.1 Å². The summed E-state index contributed by atoms with van der Waals surface area (Å²) in [7, 11) is 0. The highest BCUT2D eigenvalue weighted by atomic mass is 35.5. The van der Waals surface area contributed by atoms with Gasteiger partial charge in [0.05, 0.1) is 0 Å². The minimum absolute atomic E-state index is 0. The van der Waals surface area contributed by atoms with Crippen LogP contribution in [0.1, 0.15) is 24.5 Å². The smallest absolute Gasteiger partial charge is 0.325 e. The van der Waals surface area contributed by atoms with Crippen molar-refractivity contribution in [1.82, 2.24) is 20.4 Å². The number of piperazine rings is 1. The Balaban J connectivity index is 0.00000196. The van der Waals surface area contributed by atoms with E-state index < -0.39 is 11.6 Å². The lowest BCUT2D eigenvalue weighted by Crippen LogP contribution is -2.55. The van der Waals surface area contributed by atoms with E-state index in [2.05, 4.69) is 10.6 Å². The molecule has 2 saturated heterocycles. The Morgan fingerprint density at radius 1 is 1.31 bits per heavy atom. The molecule has 3 aliphatic rings. The van der Waals surface area contributed by atoms with Crippen LogP contribution in [0.3, 0.4) is 0 Å². The lowest BCUT2D eigenvalue weighted by atomic mass is 9.92. The van der Waals surface area contributed by atoms with E-state index in [1.165, 1.54) is 0 Å². The van der Waals surface area contributed by atoms with E-state index in [1.807, 2.05) is 31.2 Å². The third-order valence-corrected chi connectivity index (χ3v) is 5.54. The minimum atomic E-state index is -0.997. The zero-order valence-corrected chi connectivity index (χ0v) is 15.5. The Morgan fingerprint density at radius 3 is 2.85 bits per heavy atom. The lowest BCUT2D eigenvalue weighted by molar-refractivity contribution is -0.140. The number of imide groups is 1. The Morgan fingerprint density at radius 2 is 2.08 bits per heavy atom. The Hall–Kier alpha value is -2.12. The van der Waals surface area contributed by atoms with E-state index in [9.17, 15) is 14.4 Å². The summed E-state index contributed by atoms with van der Waals surface area (Å²) in [4.78, 5) is 41.0. The number of hydrogen-bond acceptors (Lipinski definition) is 4. The molecule has 8 heteroatoms. The molecule has 2 fully saturated rings. The minimum Gasteiger partial charge on any atom is -0.336 e. The topological polar surface area (TPSA) is 81.8 Å². The van der Waals surface area contributed by atoms with Gasteiger partial charge in [0.15, 0.2) is 0 Å². The maximum absolute atomic E-state index is 13.1. The van der Waals surface area contributed by atoms with Crippen molar-refractivity contribution in [2.24, 2.45) is 0 Å². The van der Waals surface area contributed by atoms with Crippen LogP contribution >= 0.6 is 12.4 Å². The second-order valence-corrected chi connectivity index (χ2v) is 7.02. The number of carbonyl (C=O) groups excluding carboxylic acids is 3. The molecule has 4 rings (SSSR count). The van der Waals surface area contributed by atoms with Crippen LogP contribution in [0.2, 0.25) is 0 Å². The molecular formula is C18H23ClN4O3. The van der Waals surface area contributed by atoms with Crippen LogP contribution in [0.15, 0.2) is 24.3 Å². The van der Waals surface area contributed by atoms with Crippen LogP contribution < -0.4 is 10.6 Å². The summed E-state index contributed by atoms with van der Waals surface area (Å²) in [5.41, 5.74) is 0.946. The summed E-state index contributed by atoms with van der Waals surface area (Å²) in [5.74, 6) is -0.487. The third-order valence-electron chi connectivity index (χ3n) is 5.54. The average Bonchev–Trinajstić information content (AvgIpc) is 3.09. The van der Waals surface area contributed by atoms with Crippen LogP contribution in [0, 0.1) is 0 Å². The van der Waals surface area contributed by atoms with Gasteiger partial charge in [-0.2, -0.15) is 0 Å². The number of nitrogens with one attached hydrogen (secondary N) is 2. The SMILES string of the molecule is CC1CNCCN1C(=O)CN1C(=O)NC2(CCc3ccccc32)C1=O.Cl. The molecule has 1 aliphatic carbocycles. The van der Waals surface area contributed by atoms with E-state index in [-0.39, 0.29) is 36.8 Å². The fourth-order valence-electron chi connectivity index (χ4n) is 4.17. The number of nitrogens with zero attached hydrogens (tertiary/aromatic N) is 2. The number of carbonyl (C=O) groups is 3. The first-order chi connectivity index (χ1) is 12.0. The maximum atomic E-state index is 13.1. The zero-order valence-electron chi connectivity index (χ0n) is 14.7. The molecule has 1 aromatic carbocycles. The zero-order chi connectivity index (χ0) is 17.6. The first-order valence-corrected chi connectivity index (χ1v) is 8.75. The van der Waals surface area contributed by atoms with E-state index in [0.29, 0.717) is 13.0 Å². The van der Waals surface area contributed by atoms with Gasteiger partial charge in [0.25, 0.3) is 5.91 Å². The van der Waals surface area contributed by atoms with Gasteiger partial charge in [-0.15, -0.1) is 12.4 Å². The molecule has 0 saturated carbocycles. The molecular weight excluding hydrogens is 356 g/mol. The third kappa shape index (κ3) is 2.75. The van der Waals surface area contributed by atoms with Gasteiger partial charge >= 0.3 is 6.03 Å². The number of fused-ring (bicyclic) bond motifs is 2. The molecule has 0 bridgehead atoms. The van der Waals surface area contributed by atoms with Crippen molar-refractivity contribution in [3.05, 3.63) is 35.4 Å². The van der Waals surface area contributed by atoms with Crippen molar-refractivity contribution in [1.29, 1.82) is 0 Å². The average molecular weight is 379 g/mol. The number of benzene rings is 1. The lowest BCUT2D eigenvalue weighted by Gasteiger charge is -2.34. The normalized spacial score (nSPS) is 27.3. The highest BCUT2D eigenvalue weighted by Crippen LogP contribution is 2.41. The fraction of sp³-hybridized carbons (Fsp3) is 0.500. The molecule has 1 aromatic rings. The summed E-state index contributed by atoms with van der Waals surface area (Å²) in [5, 5.41) is 6.09. The van der Waals surface area contributed by atoms with Crippen molar-refractivity contribution in [2.45, 2.75) is 31.3 Å². The van der Waals surface area contributed by atoms with Crippen molar-refractivity contribution in [3.63, 3.8) is 0 Å². The maximum Gasteiger partial charge on any atom is 0.325 e. The predicted molar refractivity (Wildman–Crippen MR) is 98.0 cm³/mol. The van der Waals surface area contributed by atoms with E-state index in [0.717, 1.165) is 35.5 Å². The Labute approximate surface area is 158 Å². The number of urea groups is 1. The monoisotopic (exact) mass is 378 g/mol. The van der Waals surface area contributed by atoms with Gasteiger partial charge < -0.3 is 15.5 Å². The number of halogens is 1. The van der Waals surface area contributed by atoms with Crippen LogP contribution in [-0.2, 0) is 21.5 Å². The van der Waals surface area contributed by atoms with Crippen LogP contribution in [-0.4, -0.2) is 59.9 Å². The summed E-state index contributed by atoms with van der Waals surface area (Å²) in [6.07, 6.45) is 1.30. The van der Waals surface area contributed by atoms with E-state index in [4.69, 9.17) is 0 Å². The summed E-state index contributed by atoms with van der Waals surface area (Å²) < 4.78 is 0. The predicted octanol–water partition coefficient (Wildman–Crippen LogP) is 0.622. The van der Waals surface area contributed by atoms with Crippen molar-refractivity contribution in [3.8, 4) is 0 Å². The molecule has 140 valence electrons. The van der Waals surface area contributed by atoms with Crippen molar-refractivity contribution in [2.75, 3.05) is 26.2 Å². The number of hydrogen-bond donors (Lipinski definition) is 2. The van der Waals surface area contributed by atoms with Gasteiger partial charge in [0.2, 0.25) is 5.91 Å². The van der Waals surface area contributed by atoms with Gasteiger partial charge in [-0.1, -0.05) is 24.3 Å². The van der Waals surface area contributed by atoms with Crippen LogP contribution in [0.25, 0.3) is 0 Å². The van der Waals surface area contributed by atoms with Gasteiger partial charge in [0, 0.05) is 25.7 Å². The van der Waals surface area contributed by atoms with Gasteiger partial charge in [-0.3, -0.25) is 14.5 Å². The van der Waals surface area contributed by atoms with E-state index in [1.54, 1.807) is 4.90 Å². The van der Waals surface area contributed by atoms with Gasteiger partial charge in [-0.05, 0) is 30.9 Å². The summed E-state index contributed by atoms with van der Waals surface area (Å²) >= 11 is 0. The molecule has 2 atom stereocenters. The molecule has 2 unspecified atom stereocenters. The first-order valence-electron chi connectivity index (χ1n) is 8.75. The van der Waals surface area contributed by atoms with Gasteiger partial charge in [-0.25, -0.2) is 4.79 Å². The Kier molecular flexibility index (Phi) is 4.94. The van der Waals surface area contributed by atoms with Crippen molar-refractivity contribution < 1.29 is 14.4 Å². The second kappa shape index (κ2) is 6.89. The molecule has 4 amide bonds.